The van der Waals surface area contributed by atoms with Crippen molar-refractivity contribution in [3.8, 4) is 11.1 Å². The molecule has 4 heteroatoms. The second kappa shape index (κ2) is 5.17. The van der Waals surface area contributed by atoms with Crippen LogP contribution in [0.3, 0.4) is 0 Å². The summed E-state index contributed by atoms with van der Waals surface area (Å²) in [5.74, 6) is -0.0522. The van der Waals surface area contributed by atoms with E-state index in [0.29, 0.717) is 12.1 Å². The Balaban J connectivity index is 2.19. The summed E-state index contributed by atoms with van der Waals surface area (Å²) >= 11 is 0. The molecule has 0 saturated heterocycles. The Morgan fingerprint density at radius 2 is 2.05 bits per heavy atom. The summed E-state index contributed by atoms with van der Waals surface area (Å²) in [7, 11) is 0. The van der Waals surface area contributed by atoms with E-state index in [1.54, 1.807) is 6.20 Å². The van der Waals surface area contributed by atoms with Crippen molar-refractivity contribution in [3.05, 3.63) is 54.4 Å². The van der Waals surface area contributed by atoms with Gasteiger partial charge in [-0.3, -0.25) is 4.79 Å². The quantitative estimate of drug-likeness (QED) is 0.765. The molecule has 4 nitrogen and oxygen atoms in total. The number of amides is 1. The molecule has 3 aromatic rings. The molecular weight excluding hydrogens is 250 g/mol. The minimum atomic E-state index is -0.0522. The Hall–Kier alpha value is -2.62. The molecule has 0 bridgehead atoms. The molecule has 1 aromatic carbocycles. The molecule has 0 unspecified atom stereocenters. The highest BCUT2D eigenvalue weighted by Gasteiger charge is 2.13. The van der Waals surface area contributed by atoms with Crippen molar-refractivity contribution < 1.29 is 4.79 Å². The molecule has 0 aliphatic carbocycles. The fourth-order valence-corrected chi connectivity index (χ4v) is 2.37. The summed E-state index contributed by atoms with van der Waals surface area (Å²) in [6.45, 7) is 2.53. The molecule has 3 rings (SSSR count). The molecule has 0 aliphatic heterocycles. The smallest absolute Gasteiger partial charge is 0.251 e. The second-order valence-corrected chi connectivity index (χ2v) is 4.50. The first-order chi connectivity index (χ1) is 9.81. The maximum absolute atomic E-state index is 12.2. The summed E-state index contributed by atoms with van der Waals surface area (Å²) in [5.41, 5.74) is 3.44. The Morgan fingerprint density at radius 1 is 1.20 bits per heavy atom. The molecule has 0 spiro atoms. The third kappa shape index (κ3) is 2.05. The Labute approximate surface area is 116 Å². The predicted molar refractivity (Wildman–Crippen MR) is 79.5 cm³/mol. The van der Waals surface area contributed by atoms with Crippen molar-refractivity contribution in [1.29, 1.82) is 0 Å². The van der Waals surface area contributed by atoms with Crippen LogP contribution in [0.25, 0.3) is 22.2 Å². The highest BCUT2D eigenvalue weighted by atomic mass is 16.1. The van der Waals surface area contributed by atoms with Gasteiger partial charge in [-0.1, -0.05) is 18.2 Å². The molecule has 1 amide bonds. The van der Waals surface area contributed by atoms with E-state index < -0.39 is 0 Å². The van der Waals surface area contributed by atoms with Crippen LogP contribution < -0.4 is 5.32 Å². The zero-order chi connectivity index (χ0) is 13.9. The molecule has 0 radical (unpaired) electrons. The number of aromatic amines is 1. The molecule has 20 heavy (non-hydrogen) atoms. The van der Waals surface area contributed by atoms with E-state index in [1.165, 1.54) is 0 Å². The van der Waals surface area contributed by atoms with Crippen LogP contribution in [0.4, 0.5) is 0 Å². The average Bonchev–Trinajstić information content (AvgIpc) is 2.96. The fourth-order valence-electron chi connectivity index (χ4n) is 2.37. The SMILES string of the molecule is CCNC(=O)c1ccccc1-c1ccnc2[nH]ccc12. The summed E-state index contributed by atoms with van der Waals surface area (Å²) in [5, 5.41) is 3.87. The average molecular weight is 265 g/mol. The Kier molecular flexibility index (Phi) is 3.21. The lowest BCUT2D eigenvalue weighted by atomic mass is 9.98. The molecule has 2 N–H and O–H groups in total. The van der Waals surface area contributed by atoms with Gasteiger partial charge in [0, 0.05) is 29.9 Å². The van der Waals surface area contributed by atoms with E-state index in [-0.39, 0.29) is 5.91 Å². The maximum atomic E-state index is 12.2. The first-order valence-electron chi connectivity index (χ1n) is 6.61. The molecule has 0 fully saturated rings. The van der Waals surface area contributed by atoms with Crippen LogP contribution in [-0.2, 0) is 0 Å². The fraction of sp³-hybridized carbons (Fsp3) is 0.125. The summed E-state index contributed by atoms with van der Waals surface area (Å²) in [4.78, 5) is 19.6. The van der Waals surface area contributed by atoms with Gasteiger partial charge in [-0.05, 0) is 36.2 Å². The molecule has 0 saturated carbocycles. The van der Waals surface area contributed by atoms with Gasteiger partial charge in [0.15, 0.2) is 0 Å². The Bertz CT molecular complexity index is 761. The van der Waals surface area contributed by atoms with Crippen molar-refractivity contribution >= 4 is 16.9 Å². The molecular formula is C16H15N3O. The number of benzene rings is 1. The Morgan fingerprint density at radius 3 is 2.90 bits per heavy atom. The molecule has 100 valence electrons. The monoisotopic (exact) mass is 265 g/mol. The second-order valence-electron chi connectivity index (χ2n) is 4.50. The number of hydrogen-bond donors (Lipinski definition) is 2. The van der Waals surface area contributed by atoms with E-state index in [2.05, 4.69) is 15.3 Å². The standard InChI is InChI=1S/C16H15N3O/c1-2-17-16(20)14-6-4-3-5-11(14)12-7-9-18-15-13(12)8-10-19-15/h3-10H,2H2,1H3,(H,17,20)(H,18,19). The van der Waals surface area contributed by atoms with E-state index in [4.69, 9.17) is 0 Å². The van der Waals surface area contributed by atoms with E-state index >= 15 is 0 Å². The lowest BCUT2D eigenvalue weighted by molar-refractivity contribution is 0.0956. The summed E-state index contributed by atoms with van der Waals surface area (Å²) in [6, 6.07) is 11.5. The minimum Gasteiger partial charge on any atom is -0.352 e. The van der Waals surface area contributed by atoms with Gasteiger partial charge in [0.1, 0.15) is 5.65 Å². The number of nitrogens with zero attached hydrogens (tertiary/aromatic N) is 1. The summed E-state index contributed by atoms with van der Waals surface area (Å²) < 4.78 is 0. The molecule has 0 aliphatic rings. The van der Waals surface area contributed by atoms with Gasteiger partial charge >= 0.3 is 0 Å². The van der Waals surface area contributed by atoms with E-state index in [1.807, 2.05) is 49.5 Å². The zero-order valence-corrected chi connectivity index (χ0v) is 11.2. The van der Waals surface area contributed by atoms with Crippen molar-refractivity contribution in [2.24, 2.45) is 0 Å². The first kappa shape index (κ1) is 12.4. The molecule has 2 heterocycles. The largest absolute Gasteiger partial charge is 0.352 e. The minimum absolute atomic E-state index is 0.0522. The van der Waals surface area contributed by atoms with Crippen LogP contribution in [0.15, 0.2) is 48.8 Å². The van der Waals surface area contributed by atoms with Crippen molar-refractivity contribution in [1.82, 2.24) is 15.3 Å². The van der Waals surface area contributed by atoms with Crippen LogP contribution in [0, 0.1) is 0 Å². The number of H-pyrrole nitrogens is 1. The zero-order valence-electron chi connectivity index (χ0n) is 11.2. The van der Waals surface area contributed by atoms with Gasteiger partial charge in [-0.25, -0.2) is 4.98 Å². The number of pyridine rings is 1. The van der Waals surface area contributed by atoms with Gasteiger partial charge in [0.25, 0.3) is 5.91 Å². The van der Waals surface area contributed by atoms with Crippen molar-refractivity contribution in [3.63, 3.8) is 0 Å². The van der Waals surface area contributed by atoms with Gasteiger partial charge in [-0.2, -0.15) is 0 Å². The van der Waals surface area contributed by atoms with Crippen LogP contribution in [-0.4, -0.2) is 22.4 Å². The van der Waals surface area contributed by atoms with E-state index in [0.717, 1.165) is 22.2 Å². The number of nitrogens with one attached hydrogen (secondary N) is 2. The van der Waals surface area contributed by atoms with Crippen LogP contribution >= 0.6 is 0 Å². The lowest BCUT2D eigenvalue weighted by Gasteiger charge is -2.10. The number of rotatable bonds is 3. The van der Waals surface area contributed by atoms with Gasteiger partial charge in [-0.15, -0.1) is 0 Å². The van der Waals surface area contributed by atoms with Gasteiger partial charge < -0.3 is 10.3 Å². The normalized spacial score (nSPS) is 10.7. The van der Waals surface area contributed by atoms with Crippen molar-refractivity contribution in [2.75, 3.05) is 6.54 Å². The van der Waals surface area contributed by atoms with Crippen LogP contribution in [0.5, 0.6) is 0 Å². The number of aromatic nitrogens is 2. The lowest BCUT2D eigenvalue weighted by Crippen LogP contribution is -2.23. The third-order valence-corrected chi connectivity index (χ3v) is 3.26. The maximum Gasteiger partial charge on any atom is 0.251 e. The summed E-state index contributed by atoms with van der Waals surface area (Å²) in [6.07, 6.45) is 3.61. The highest BCUT2D eigenvalue weighted by molar-refractivity contribution is 6.04. The molecule has 2 aromatic heterocycles. The van der Waals surface area contributed by atoms with Crippen molar-refractivity contribution in [2.45, 2.75) is 6.92 Å². The topological polar surface area (TPSA) is 57.8 Å². The predicted octanol–water partition coefficient (Wildman–Crippen LogP) is 2.98. The number of carbonyl (C=O) groups is 1. The van der Waals surface area contributed by atoms with Gasteiger partial charge in [0.05, 0.1) is 0 Å². The van der Waals surface area contributed by atoms with Gasteiger partial charge in [0.2, 0.25) is 0 Å². The first-order valence-corrected chi connectivity index (χ1v) is 6.61. The number of carbonyl (C=O) groups excluding carboxylic acids is 1. The molecule has 0 atom stereocenters. The van der Waals surface area contributed by atoms with Crippen LogP contribution in [0.1, 0.15) is 17.3 Å². The number of fused-ring (bicyclic) bond motifs is 1. The highest BCUT2D eigenvalue weighted by Crippen LogP contribution is 2.29. The number of hydrogen-bond acceptors (Lipinski definition) is 2. The van der Waals surface area contributed by atoms with Crippen LogP contribution in [0.2, 0.25) is 0 Å². The third-order valence-electron chi connectivity index (χ3n) is 3.26. The van der Waals surface area contributed by atoms with E-state index in [9.17, 15) is 4.79 Å².